The van der Waals surface area contributed by atoms with E-state index >= 15 is 0 Å². The van der Waals surface area contributed by atoms with Crippen LogP contribution < -0.4 is 0 Å². The van der Waals surface area contributed by atoms with Crippen molar-refractivity contribution in [1.82, 2.24) is 19.7 Å². The first kappa shape index (κ1) is 13.1. The van der Waals surface area contributed by atoms with E-state index in [1.54, 1.807) is 0 Å². The van der Waals surface area contributed by atoms with Gasteiger partial charge in [-0.1, -0.05) is 6.42 Å². The van der Waals surface area contributed by atoms with Gasteiger partial charge in [0.25, 0.3) is 0 Å². The highest BCUT2D eigenvalue weighted by atomic mass is 16.3. The van der Waals surface area contributed by atoms with Gasteiger partial charge in [-0.2, -0.15) is 0 Å². The Hall–Kier alpha value is -0.940. The van der Waals surface area contributed by atoms with Gasteiger partial charge in [0.1, 0.15) is 12.1 Å². The summed E-state index contributed by atoms with van der Waals surface area (Å²) in [5.41, 5.74) is 0. The second kappa shape index (κ2) is 5.21. The van der Waals surface area contributed by atoms with Gasteiger partial charge in [0.15, 0.2) is 5.82 Å². The van der Waals surface area contributed by atoms with Crippen LogP contribution in [0.5, 0.6) is 0 Å². The molecule has 1 aromatic rings. The van der Waals surface area contributed by atoms with Crippen molar-refractivity contribution in [3.63, 3.8) is 0 Å². The van der Waals surface area contributed by atoms with Crippen molar-refractivity contribution in [3.8, 4) is 0 Å². The van der Waals surface area contributed by atoms with Gasteiger partial charge in [0.05, 0.1) is 6.04 Å². The van der Waals surface area contributed by atoms with Crippen LogP contribution in [0.25, 0.3) is 0 Å². The van der Waals surface area contributed by atoms with E-state index in [-0.39, 0.29) is 0 Å². The highest BCUT2D eigenvalue weighted by molar-refractivity contribution is 5.06. The molecule has 2 unspecified atom stereocenters. The van der Waals surface area contributed by atoms with Gasteiger partial charge < -0.3 is 5.11 Å². The van der Waals surface area contributed by atoms with Gasteiger partial charge in [-0.05, 0) is 46.1 Å². The van der Waals surface area contributed by atoms with E-state index in [1.165, 1.54) is 12.8 Å². The molecule has 0 radical (unpaired) electrons. The monoisotopic (exact) mass is 264 g/mol. The molecule has 5 nitrogen and oxygen atoms in total. The van der Waals surface area contributed by atoms with Gasteiger partial charge in [-0.25, -0.2) is 0 Å². The standard InChI is InChI=1S/C14H24N4O/c1-10(2)17-9-4-3-6-11(17)14-16-15-12-7-5-8-13(19)18(12)14/h10-11,13,19H,3-9H2,1-2H3. The van der Waals surface area contributed by atoms with Crippen LogP contribution in [0.3, 0.4) is 0 Å². The average molecular weight is 264 g/mol. The molecule has 0 amide bonds. The maximum Gasteiger partial charge on any atom is 0.152 e. The number of aliphatic hydroxyl groups excluding tert-OH is 1. The average Bonchev–Trinajstić information content (AvgIpc) is 2.84. The zero-order valence-electron chi connectivity index (χ0n) is 11.9. The number of piperidine rings is 1. The van der Waals surface area contributed by atoms with Gasteiger partial charge in [-0.3, -0.25) is 9.47 Å². The van der Waals surface area contributed by atoms with Gasteiger partial charge >= 0.3 is 0 Å². The third kappa shape index (κ3) is 2.30. The Balaban J connectivity index is 1.94. The highest BCUT2D eigenvalue weighted by Crippen LogP contribution is 2.34. The Morgan fingerprint density at radius 3 is 2.79 bits per heavy atom. The van der Waals surface area contributed by atoms with Crippen LogP contribution in [0.1, 0.15) is 69.9 Å². The number of rotatable bonds is 2. The lowest BCUT2D eigenvalue weighted by Crippen LogP contribution is -2.40. The number of aliphatic hydroxyl groups is 1. The molecule has 5 heteroatoms. The zero-order chi connectivity index (χ0) is 13.4. The molecule has 3 heterocycles. The predicted octanol–water partition coefficient (Wildman–Crippen LogP) is 2.04. The van der Waals surface area contributed by atoms with Crippen molar-refractivity contribution in [2.75, 3.05) is 6.54 Å². The van der Waals surface area contributed by atoms with Crippen LogP contribution in [0.4, 0.5) is 0 Å². The lowest BCUT2D eigenvalue weighted by atomic mass is 9.99. The maximum absolute atomic E-state index is 10.3. The number of fused-ring (bicyclic) bond motifs is 1. The number of hydrogen-bond acceptors (Lipinski definition) is 4. The number of hydrogen-bond donors (Lipinski definition) is 1. The molecule has 1 fully saturated rings. The Morgan fingerprint density at radius 1 is 1.16 bits per heavy atom. The van der Waals surface area contributed by atoms with E-state index in [4.69, 9.17) is 0 Å². The summed E-state index contributed by atoms with van der Waals surface area (Å²) in [4.78, 5) is 2.50. The van der Waals surface area contributed by atoms with Gasteiger partial charge in [0, 0.05) is 12.5 Å². The molecule has 2 aliphatic heterocycles. The Labute approximate surface area is 114 Å². The molecule has 1 aromatic heterocycles. The molecule has 0 bridgehead atoms. The smallest absolute Gasteiger partial charge is 0.152 e. The number of nitrogens with zero attached hydrogens (tertiary/aromatic N) is 4. The van der Waals surface area contributed by atoms with Crippen molar-refractivity contribution in [2.45, 2.75) is 70.7 Å². The third-order valence-electron chi connectivity index (χ3n) is 4.46. The molecule has 1 N–H and O–H groups in total. The summed E-state index contributed by atoms with van der Waals surface area (Å²) in [5, 5.41) is 19.0. The Kier molecular flexibility index (Phi) is 3.58. The summed E-state index contributed by atoms with van der Waals surface area (Å²) < 4.78 is 1.99. The van der Waals surface area contributed by atoms with Crippen molar-refractivity contribution in [2.24, 2.45) is 0 Å². The SMILES string of the molecule is CC(C)N1CCCCC1c1nnc2n1C(O)CCC2. The summed E-state index contributed by atoms with van der Waals surface area (Å²) in [6.45, 7) is 5.60. The van der Waals surface area contributed by atoms with E-state index in [1.807, 2.05) is 4.57 Å². The molecule has 2 atom stereocenters. The minimum Gasteiger partial charge on any atom is -0.373 e. The van der Waals surface area contributed by atoms with E-state index in [9.17, 15) is 5.11 Å². The largest absolute Gasteiger partial charge is 0.373 e. The topological polar surface area (TPSA) is 54.2 Å². The molecule has 1 saturated heterocycles. The fourth-order valence-electron chi connectivity index (χ4n) is 3.48. The van der Waals surface area contributed by atoms with Crippen LogP contribution in [-0.4, -0.2) is 37.4 Å². The lowest BCUT2D eigenvalue weighted by Gasteiger charge is -2.38. The second-order valence-corrected chi connectivity index (χ2v) is 6.06. The van der Waals surface area contributed by atoms with E-state index < -0.39 is 6.23 Å². The van der Waals surface area contributed by atoms with Crippen LogP contribution in [0, 0.1) is 0 Å². The molecule has 0 spiro atoms. The minimum atomic E-state index is -0.426. The van der Waals surface area contributed by atoms with Crippen molar-refractivity contribution < 1.29 is 5.11 Å². The summed E-state index contributed by atoms with van der Waals surface area (Å²) in [6.07, 6.45) is 5.99. The van der Waals surface area contributed by atoms with Crippen LogP contribution in [-0.2, 0) is 6.42 Å². The predicted molar refractivity (Wildman–Crippen MR) is 72.6 cm³/mol. The van der Waals surface area contributed by atoms with E-state index in [2.05, 4.69) is 28.9 Å². The normalized spacial score (nSPS) is 28.6. The second-order valence-electron chi connectivity index (χ2n) is 6.06. The lowest BCUT2D eigenvalue weighted by molar-refractivity contribution is 0.0554. The number of likely N-dealkylation sites (tertiary alicyclic amines) is 1. The summed E-state index contributed by atoms with van der Waals surface area (Å²) in [7, 11) is 0. The maximum atomic E-state index is 10.3. The number of aryl methyl sites for hydroxylation is 1. The van der Waals surface area contributed by atoms with Crippen molar-refractivity contribution in [1.29, 1.82) is 0 Å². The summed E-state index contributed by atoms with van der Waals surface area (Å²) >= 11 is 0. The first-order valence-electron chi connectivity index (χ1n) is 7.56. The summed E-state index contributed by atoms with van der Waals surface area (Å²) in [5.74, 6) is 1.94. The molecule has 0 saturated carbocycles. The molecule has 0 aromatic carbocycles. The molecular formula is C14H24N4O. The van der Waals surface area contributed by atoms with E-state index in [0.29, 0.717) is 12.1 Å². The van der Waals surface area contributed by atoms with Crippen LogP contribution in [0.15, 0.2) is 0 Å². The van der Waals surface area contributed by atoms with Crippen molar-refractivity contribution >= 4 is 0 Å². The van der Waals surface area contributed by atoms with Gasteiger partial charge in [0.2, 0.25) is 0 Å². The fraction of sp³-hybridized carbons (Fsp3) is 0.857. The molecule has 106 valence electrons. The third-order valence-corrected chi connectivity index (χ3v) is 4.46. The first-order chi connectivity index (χ1) is 9.18. The molecule has 0 aliphatic carbocycles. The van der Waals surface area contributed by atoms with Gasteiger partial charge in [-0.15, -0.1) is 10.2 Å². The molecular weight excluding hydrogens is 240 g/mol. The number of aromatic nitrogens is 3. The first-order valence-corrected chi connectivity index (χ1v) is 7.56. The minimum absolute atomic E-state index is 0.322. The fourth-order valence-corrected chi connectivity index (χ4v) is 3.48. The van der Waals surface area contributed by atoms with Crippen LogP contribution >= 0.6 is 0 Å². The zero-order valence-corrected chi connectivity index (χ0v) is 11.9. The molecule has 19 heavy (non-hydrogen) atoms. The van der Waals surface area contributed by atoms with Crippen LogP contribution in [0.2, 0.25) is 0 Å². The molecule has 2 aliphatic rings. The van der Waals surface area contributed by atoms with Crippen molar-refractivity contribution in [3.05, 3.63) is 11.6 Å². The highest BCUT2D eigenvalue weighted by Gasteiger charge is 2.33. The molecule has 3 rings (SSSR count). The Bertz CT molecular complexity index is 443. The Morgan fingerprint density at radius 2 is 2.00 bits per heavy atom. The summed E-state index contributed by atoms with van der Waals surface area (Å²) in [6, 6.07) is 0.835. The van der Waals surface area contributed by atoms with E-state index in [0.717, 1.165) is 43.9 Å². The quantitative estimate of drug-likeness (QED) is 0.888.